The zero-order valence-electron chi connectivity index (χ0n) is 12.1. The predicted octanol–water partition coefficient (Wildman–Crippen LogP) is 5.00. The van der Waals surface area contributed by atoms with Crippen molar-refractivity contribution in [2.45, 2.75) is 26.3 Å². The number of aliphatic imine (C=N–C) groups is 1. The van der Waals surface area contributed by atoms with Crippen molar-refractivity contribution in [3.63, 3.8) is 0 Å². The van der Waals surface area contributed by atoms with Crippen LogP contribution in [0.3, 0.4) is 0 Å². The maximum absolute atomic E-state index is 10.5. The van der Waals surface area contributed by atoms with Gasteiger partial charge < -0.3 is 5.11 Å². The number of aromatic nitrogens is 1. The lowest BCUT2D eigenvalue weighted by Gasteiger charge is -2.21. The summed E-state index contributed by atoms with van der Waals surface area (Å²) in [5.41, 5.74) is 2.80. The van der Waals surface area contributed by atoms with Gasteiger partial charge in [0.05, 0.1) is 10.6 Å². The van der Waals surface area contributed by atoms with E-state index in [0.717, 1.165) is 21.7 Å². The summed E-state index contributed by atoms with van der Waals surface area (Å²) in [7, 11) is 0. The van der Waals surface area contributed by atoms with E-state index < -0.39 is 0 Å². The van der Waals surface area contributed by atoms with Crippen LogP contribution in [0.25, 0.3) is 11.6 Å². The summed E-state index contributed by atoms with van der Waals surface area (Å²) in [5, 5.41) is 10.5. The minimum Gasteiger partial charge on any atom is -0.493 e. The van der Waals surface area contributed by atoms with Crippen molar-refractivity contribution in [3.05, 3.63) is 38.7 Å². The molecule has 1 aromatic carbocycles. The molecule has 0 aliphatic carbocycles. The quantitative estimate of drug-likeness (QED) is 0.752. The number of nitrogens with zero attached hydrogens (tertiary/aromatic N) is 2. The van der Waals surface area contributed by atoms with Crippen molar-refractivity contribution in [2.75, 3.05) is 0 Å². The number of aromatic hydroxyl groups is 1. The lowest BCUT2D eigenvalue weighted by atomic mass is 10.1. The van der Waals surface area contributed by atoms with E-state index in [-0.39, 0.29) is 11.4 Å². The molecule has 1 aliphatic heterocycles. The number of benzene rings is 1. The topological polar surface area (TPSA) is 37.5 Å². The number of allylic oxidation sites excluding steroid dienone is 1. The molecule has 5 heteroatoms. The highest BCUT2D eigenvalue weighted by atomic mass is 32.1. The first-order valence-corrected chi connectivity index (χ1v) is 7.91. The van der Waals surface area contributed by atoms with Gasteiger partial charge in [-0.15, -0.1) is 11.3 Å². The highest BCUT2D eigenvalue weighted by Gasteiger charge is 2.22. The number of fused-ring (bicyclic) bond motifs is 1. The van der Waals surface area contributed by atoms with Gasteiger partial charge in [0.25, 0.3) is 0 Å². The fourth-order valence-electron chi connectivity index (χ4n) is 2.36. The molecule has 0 saturated carbocycles. The Morgan fingerprint density at radius 1 is 1.29 bits per heavy atom. The highest BCUT2D eigenvalue weighted by molar-refractivity contribution is 7.73. The lowest BCUT2D eigenvalue weighted by Crippen LogP contribution is -2.21. The molecule has 3 nitrogen and oxygen atoms in total. The third-order valence-electron chi connectivity index (χ3n) is 3.33. The lowest BCUT2D eigenvalue weighted by molar-refractivity contribution is 0.323. The molecule has 0 fully saturated rings. The number of hydrogen-bond acceptors (Lipinski definition) is 4. The van der Waals surface area contributed by atoms with Gasteiger partial charge in [0.2, 0.25) is 5.88 Å². The maximum Gasteiger partial charge on any atom is 0.211 e. The van der Waals surface area contributed by atoms with E-state index in [9.17, 15) is 5.11 Å². The van der Waals surface area contributed by atoms with Gasteiger partial charge in [0.15, 0.2) is 3.95 Å². The third-order valence-corrected chi connectivity index (χ3v) is 4.64. The number of hydrogen-bond donors (Lipinski definition) is 1. The molecule has 1 aliphatic rings. The van der Waals surface area contributed by atoms with Gasteiger partial charge in [0, 0.05) is 22.9 Å². The Bertz CT molecular complexity index is 820. The Labute approximate surface area is 132 Å². The van der Waals surface area contributed by atoms with Gasteiger partial charge in [-0.1, -0.05) is 18.2 Å². The summed E-state index contributed by atoms with van der Waals surface area (Å²) < 4.78 is 2.47. The molecule has 0 spiro atoms. The fraction of sp³-hybridized carbons (Fsp3) is 0.250. The predicted molar refractivity (Wildman–Crippen MR) is 92.3 cm³/mol. The third kappa shape index (κ3) is 2.47. The van der Waals surface area contributed by atoms with Gasteiger partial charge in [-0.2, -0.15) is 0 Å². The van der Waals surface area contributed by atoms with Gasteiger partial charge in [0.1, 0.15) is 0 Å². The zero-order chi connectivity index (χ0) is 15.2. The standard InChI is InChI=1S/C16H16N2OS2/c1-16(2,3)18-14(19)13(21-15(18)20)8-10-9-17-12-7-5-4-6-11(10)12/h4-9,19H,1-3H3/b10-8-. The highest BCUT2D eigenvalue weighted by Crippen LogP contribution is 2.37. The second-order valence-corrected chi connectivity index (χ2v) is 7.61. The van der Waals surface area contributed by atoms with Crippen LogP contribution >= 0.6 is 23.6 Å². The van der Waals surface area contributed by atoms with E-state index in [1.54, 1.807) is 4.57 Å². The summed E-state index contributed by atoms with van der Waals surface area (Å²) in [6.45, 7) is 6.08. The average molecular weight is 316 g/mol. The average Bonchev–Trinajstić information content (AvgIpc) is 2.92. The Morgan fingerprint density at radius 3 is 2.67 bits per heavy atom. The fourth-order valence-corrected chi connectivity index (χ4v) is 4.00. The van der Waals surface area contributed by atoms with Gasteiger partial charge in [-0.3, -0.25) is 9.56 Å². The summed E-state index contributed by atoms with van der Waals surface area (Å²) in [6, 6.07) is 7.97. The van der Waals surface area contributed by atoms with Crippen LogP contribution in [0.4, 0.5) is 5.69 Å². The molecule has 21 heavy (non-hydrogen) atoms. The maximum atomic E-state index is 10.5. The molecule has 0 radical (unpaired) electrons. The molecular weight excluding hydrogens is 300 g/mol. The molecule has 0 amide bonds. The molecule has 108 valence electrons. The van der Waals surface area contributed by atoms with E-state index >= 15 is 0 Å². The van der Waals surface area contributed by atoms with Gasteiger partial charge in [-0.05, 0) is 45.1 Å². The number of para-hydroxylation sites is 1. The molecule has 0 bridgehead atoms. The van der Waals surface area contributed by atoms with Crippen LogP contribution in [0.2, 0.25) is 0 Å². The van der Waals surface area contributed by atoms with E-state index in [4.69, 9.17) is 12.2 Å². The Morgan fingerprint density at radius 2 is 2.00 bits per heavy atom. The number of rotatable bonds is 1. The van der Waals surface area contributed by atoms with Gasteiger partial charge >= 0.3 is 0 Å². The van der Waals surface area contributed by atoms with Crippen LogP contribution in [0.5, 0.6) is 5.88 Å². The minimum atomic E-state index is -0.240. The Kier molecular flexibility index (Phi) is 3.34. The van der Waals surface area contributed by atoms with Crippen molar-refractivity contribution in [1.29, 1.82) is 0 Å². The van der Waals surface area contributed by atoms with E-state index in [0.29, 0.717) is 3.95 Å². The normalized spacial score (nSPS) is 15.7. The molecule has 0 atom stereocenters. The Hall–Kier alpha value is -1.72. The minimum absolute atomic E-state index is 0.225. The van der Waals surface area contributed by atoms with Crippen molar-refractivity contribution in [2.24, 2.45) is 4.99 Å². The molecule has 1 N–H and O–H groups in total. The summed E-state index contributed by atoms with van der Waals surface area (Å²) in [4.78, 5) is 5.15. The van der Waals surface area contributed by atoms with Crippen LogP contribution in [0.15, 0.2) is 29.3 Å². The van der Waals surface area contributed by atoms with Crippen molar-refractivity contribution < 1.29 is 5.11 Å². The molecule has 1 aromatic heterocycles. The smallest absolute Gasteiger partial charge is 0.211 e. The van der Waals surface area contributed by atoms with Crippen LogP contribution in [0.1, 0.15) is 31.2 Å². The summed E-state index contributed by atoms with van der Waals surface area (Å²) in [6.07, 6.45) is 3.78. The summed E-state index contributed by atoms with van der Waals surface area (Å²) >= 11 is 6.80. The van der Waals surface area contributed by atoms with Gasteiger partial charge in [-0.25, -0.2) is 0 Å². The van der Waals surface area contributed by atoms with Crippen LogP contribution < -0.4 is 0 Å². The largest absolute Gasteiger partial charge is 0.493 e. The van der Waals surface area contributed by atoms with Crippen molar-refractivity contribution >= 4 is 47.1 Å². The molecular formula is C16H16N2OS2. The van der Waals surface area contributed by atoms with E-state index in [1.165, 1.54) is 11.3 Å². The van der Waals surface area contributed by atoms with Crippen molar-refractivity contribution in [1.82, 2.24) is 4.57 Å². The van der Waals surface area contributed by atoms with E-state index in [2.05, 4.69) is 4.99 Å². The van der Waals surface area contributed by atoms with Crippen LogP contribution in [-0.4, -0.2) is 15.9 Å². The number of thiazole rings is 1. The van der Waals surface area contributed by atoms with Crippen LogP contribution in [0, 0.1) is 3.95 Å². The SMILES string of the molecule is CC(C)(C)n1c(O)c(/C=C2/C=Nc3ccccc32)sc1=S. The first-order chi connectivity index (χ1) is 9.88. The van der Waals surface area contributed by atoms with Crippen LogP contribution in [-0.2, 0) is 5.54 Å². The second-order valence-electron chi connectivity index (χ2n) is 5.94. The molecule has 0 saturated heterocycles. The second kappa shape index (κ2) is 4.93. The molecule has 0 unspecified atom stereocenters. The summed E-state index contributed by atoms with van der Waals surface area (Å²) in [5.74, 6) is 0.225. The molecule has 2 aromatic rings. The Balaban J connectivity index is 2.11. The first-order valence-electron chi connectivity index (χ1n) is 6.68. The first kappa shape index (κ1) is 14.2. The van der Waals surface area contributed by atoms with E-state index in [1.807, 2.05) is 57.3 Å². The molecule has 2 heterocycles. The van der Waals surface area contributed by atoms with Crippen molar-refractivity contribution in [3.8, 4) is 5.88 Å². The zero-order valence-corrected chi connectivity index (χ0v) is 13.8. The monoisotopic (exact) mass is 316 g/mol. The molecule has 3 rings (SSSR count).